The lowest BCUT2D eigenvalue weighted by molar-refractivity contribution is -0.121. The molecule has 4 nitrogen and oxygen atoms in total. The first kappa shape index (κ1) is 17.9. The SMILES string of the molecule is Cc1ccc(C[C@@H](C)N(C)S(=O)(=O)NCC(F)(F)F)cc1. The number of nitrogens with zero attached hydrogens (tertiary/aromatic N) is 1. The van der Waals surface area contributed by atoms with Gasteiger partial charge in [-0.05, 0) is 25.8 Å². The number of rotatable bonds is 6. The van der Waals surface area contributed by atoms with Crippen molar-refractivity contribution in [3.63, 3.8) is 0 Å². The molecule has 1 aromatic rings. The summed E-state index contributed by atoms with van der Waals surface area (Å²) in [4.78, 5) is 0. The number of hydrogen-bond donors (Lipinski definition) is 1. The Labute approximate surface area is 123 Å². The number of halogens is 3. The topological polar surface area (TPSA) is 49.4 Å². The molecule has 0 aliphatic carbocycles. The van der Waals surface area contributed by atoms with Gasteiger partial charge in [0.05, 0.1) is 0 Å². The van der Waals surface area contributed by atoms with Gasteiger partial charge >= 0.3 is 6.18 Å². The van der Waals surface area contributed by atoms with Crippen molar-refractivity contribution >= 4 is 10.2 Å². The molecular formula is C13H19F3N2O2S. The fourth-order valence-electron chi connectivity index (χ4n) is 1.71. The summed E-state index contributed by atoms with van der Waals surface area (Å²) in [5.41, 5.74) is 2.00. The molecule has 1 aromatic carbocycles. The van der Waals surface area contributed by atoms with Crippen LogP contribution in [-0.2, 0) is 16.6 Å². The monoisotopic (exact) mass is 324 g/mol. The largest absolute Gasteiger partial charge is 0.402 e. The normalized spacial score (nSPS) is 14.4. The molecular weight excluding hydrogens is 305 g/mol. The smallest absolute Gasteiger partial charge is 0.195 e. The lowest BCUT2D eigenvalue weighted by atomic mass is 10.1. The molecule has 0 aliphatic heterocycles. The highest BCUT2D eigenvalue weighted by atomic mass is 32.2. The second-order valence-corrected chi connectivity index (χ2v) is 6.81. The molecule has 0 unspecified atom stereocenters. The van der Waals surface area contributed by atoms with Crippen LogP contribution in [0.4, 0.5) is 13.2 Å². The maximum Gasteiger partial charge on any atom is 0.402 e. The third-order valence-corrected chi connectivity index (χ3v) is 4.73. The third-order valence-electron chi connectivity index (χ3n) is 3.11. The Morgan fingerprint density at radius 2 is 1.76 bits per heavy atom. The van der Waals surface area contributed by atoms with Gasteiger partial charge in [0.1, 0.15) is 6.54 Å². The molecule has 0 aromatic heterocycles. The van der Waals surface area contributed by atoms with Crippen LogP contribution in [-0.4, -0.2) is 38.5 Å². The van der Waals surface area contributed by atoms with Gasteiger partial charge in [-0.1, -0.05) is 29.8 Å². The van der Waals surface area contributed by atoms with E-state index in [4.69, 9.17) is 0 Å². The molecule has 1 rings (SSSR count). The number of alkyl halides is 3. The van der Waals surface area contributed by atoms with Crippen molar-refractivity contribution < 1.29 is 21.6 Å². The lowest BCUT2D eigenvalue weighted by Gasteiger charge is -2.25. The van der Waals surface area contributed by atoms with Crippen LogP contribution in [0.3, 0.4) is 0 Å². The molecule has 0 radical (unpaired) electrons. The summed E-state index contributed by atoms with van der Waals surface area (Å²) in [6.45, 7) is 2.01. The minimum Gasteiger partial charge on any atom is -0.195 e. The van der Waals surface area contributed by atoms with Gasteiger partial charge in [-0.25, -0.2) is 0 Å². The van der Waals surface area contributed by atoms with Crippen LogP contribution in [0.1, 0.15) is 18.1 Å². The zero-order valence-electron chi connectivity index (χ0n) is 12.1. The molecule has 1 N–H and O–H groups in total. The number of hydrogen-bond acceptors (Lipinski definition) is 2. The third kappa shape index (κ3) is 6.03. The Bertz CT molecular complexity index is 556. The van der Waals surface area contributed by atoms with E-state index in [1.807, 2.05) is 31.2 Å². The first-order valence-electron chi connectivity index (χ1n) is 6.36. The predicted octanol–water partition coefficient (Wildman–Crippen LogP) is 2.25. The minimum atomic E-state index is -4.58. The Hall–Kier alpha value is -1.12. The lowest BCUT2D eigenvalue weighted by Crippen LogP contribution is -2.46. The van der Waals surface area contributed by atoms with Crippen molar-refractivity contribution in [2.75, 3.05) is 13.6 Å². The van der Waals surface area contributed by atoms with E-state index in [9.17, 15) is 21.6 Å². The highest BCUT2D eigenvalue weighted by Gasteiger charge is 2.32. The Kier molecular flexibility index (Phi) is 5.77. The van der Waals surface area contributed by atoms with E-state index in [-0.39, 0.29) is 0 Å². The van der Waals surface area contributed by atoms with Crippen molar-refractivity contribution in [3.8, 4) is 0 Å². The van der Waals surface area contributed by atoms with Crippen molar-refractivity contribution in [1.82, 2.24) is 9.03 Å². The summed E-state index contributed by atoms with van der Waals surface area (Å²) in [5, 5.41) is 0. The molecule has 0 spiro atoms. The molecule has 8 heteroatoms. The van der Waals surface area contributed by atoms with Crippen molar-refractivity contribution in [1.29, 1.82) is 0 Å². The van der Waals surface area contributed by atoms with Crippen LogP contribution in [0.2, 0.25) is 0 Å². The molecule has 0 aliphatic rings. The fourth-order valence-corrected chi connectivity index (χ4v) is 2.80. The van der Waals surface area contributed by atoms with Crippen LogP contribution in [0.25, 0.3) is 0 Å². The standard InChI is InChI=1S/C13H19F3N2O2S/c1-10-4-6-12(7-5-10)8-11(2)18(3)21(19,20)17-9-13(14,15)16/h4-7,11,17H,8-9H2,1-3H3/t11-/m1/s1. The molecule has 0 saturated carbocycles. The highest BCUT2D eigenvalue weighted by molar-refractivity contribution is 7.87. The second-order valence-electron chi connectivity index (χ2n) is 5.00. The van der Waals surface area contributed by atoms with Crippen LogP contribution in [0, 0.1) is 6.92 Å². The van der Waals surface area contributed by atoms with Crippen LogP contribution in [0.15, 0.2) is 24.3 Å². The van der Waals surface area contributed by atoms with E-state index in [1.165, 1.54) is 7.05 Å². The van der Waals surface area contributed by atoms with Gasteiger partial charge in [-0.2, -0.15) is 30.6 Å². The number of nitrogens with one attached hydrogen (secondary N) is 1. The second kappa shape index (κ2) is 6.76. The van der Waals surface area contributed by atoms with E-state index in [0.29, 0.717) is 6.42 Å². The summed E-state index contributed by atoms with van der Waals surface area (Å²) in [6.07, 6.45) is -4.15. The molecule has 0 heterocycles. The van der Waals surface area contributed by atoms with Gasteiger partial charge < -0.3 is 0 Å². The van der Waals surface area contributed by atoms with E-state index >= 15 is 0 Å². The predicted molar refractivity (Wildman–Crippen MR) is 75.1 cm³/mol. The van der Waals surface area contributed by atoms with Gasteiger partial charge in [-0.3, -0.25) is 0 Å². The van der Waals surface area contributed by atoms with Crippen molar-refractivity contribution in [2.45, 2.75) is 32.5 Å². The van der Waals surface area contributed by atoms with Crippen LogP contribution in [0.5, 0.6) is 0 Å². The molecule has 0 amide bonds. The molecule has 0 saturated heterocycles. The first-order chi connectivity index (χ1) is 9.51. The Morgan fingerprint density at radius 1 is 1.24 bits per heavy atom. The zero-order chi connectivity index (χ0) is 16.3. The molecule has 0 bridgehead atoms. The maximum atomic E-state index is 12.1. The molecule has 1 atom stereocenters. The van der Waals surface area contributed by atoms with E-state index in [0.717, 1.165) is 15.4 Å². The highest BCUT2D eigenvalue weighted by Crippen LogP contribution is 2.15. The number of benzene rings is 1. The van der Waals surface area contributed by atoms with Gasteiger partial charge in [0.2, 0.25) is 0 Å². The summed E-state index contributed by atoms with van der Waals surface area (Å²) in [7, 11) is -2.90. The minimum absolute atomic E-state index is 0.420. The summed E-state index contributed by atoms with van der Waals surface area (Å²) in [6, 6.07) is 7.08. The average Bonchev–Trinajstić information content (AvgIpc) is 2.37. The molecule has 120 valence electrons. The summed E-state index contributed by atoms with van der Waals surface area (Å²) < 4.78 is 62.3. The quantitative estimate of drug-likeness (QED) is 0.872. The summed E-state index contributed by atoms with van der Waals surface area (Å²) in [5.74, 6) is 0. The van der Waals surface area contributed by atoms with E-state index in [1.54, 1.807) is 11.6 Å². The fraction of sp³-hybridized carbons (Fsp3) is 0.538. The molecule has 21 heavy (non-hydrogen) atoms. The van der Waals surface area contributed by atoms with Crippen molar-refractivity contribution in [3.05, 3.63) is 35.4 Å². The Morgan fingerprint density at radius 3 is 2.24 bits per heavy atom. The Balaban J connectivity index is 2.68. The average molecular weight is 324 g/mol. The van der Waals surface area contributed by atoms with E-state index < -0.39 is 29.0 Å². The molecule has 0 fully saturated rings. The van der Waals surface area contributed by atoms with Crippen molar-refractivity contribution in [2.24, 2.45) is 0 Å². The van der Waals surface area contributed by atoms with Gasteiger partial charge in [0.25, 0.3) is 10.2 Å². The van der Waals surface area contributed by atoms with Crippen LogP contribution < -0.4 is 4.72 Å². The maximum absolute atomic E-state index is 12.1. The van der Waals surface area contributed by atoms with E-state index in [2.05, 4.69) is 0 Å². The summed E-state index contributed by atoms with van der Waals surface area (Å²) >= 11 is 0. The number of aryl methyl sites for hydroxylation is 1. The first-order valence-corrected chi connectivity index (χ1v) is 7.80. The van der Waals surface area contributed by atoms with Gasteiger partial charge in [-0.15, -0.1) is 0 Å². The van der Waals surface area contributed by atoms with Gasteiger partial charge in [0.15, 0.2) is 0 Å². The van der Waals surface area contributed by atoms with Gasteiger partial charge in [0, 0.05) is 13.1 Å². The van der Waals surface area contributed by atoms with Crippen LogP contribution >= 0.6 is 0 Å². The zero-order valence-corrected chi connectivity index (χ0v) is 12.9. The number of likely N-dealkylation sites (N-methyl/N-ethyl adjacent to an activating group) is 1.